The van der Waals surface area contributed by atoms with Crippen molar-refractivity contribution in [1.82, 2.24) is 15.0 Å². The van der Waals surface area contributed by atoms with Gasteiger partial charge in [0.25, 0.3) is 0 Å². The molecule has 0 radical (unpaired) electrons. The highest BCUT2D eigenvalue weighted by atomic mass is 32.1. The Balaban J connectivity index is 1.08. The maximum absolute atomic E-state index is 5.25. The lowest BCUT2D eigenvalue weighted by atomic mass is 9.97. The lowest BCUT2D eigenvalue weighted by molar-refractivity contribution is 1.07. The van der Waals surface area contributed by atoms with Gasteiger partial charge in [0.2, 0.25) is 0 Å². The SMILES string of the molecule is Cc1ccc2c(c1)sc1cccc(-c3cccc(-c4nc(-c5cccc(-c6ccccc6)c5)nc(-c5cccc(-c6cccc7sc8ccccc8c67)c5)n4)c3)c12. The fourth-order valence-electron chi connectivity index (χ4n) is 8.07. The van der Waals surface area contributed by atoms with Gasteiger partial charge in [-0.2, -0.15) is 0 Å². The van der Waals surface area contributed by atoms with Crippen LogP contribution < -0.4 is 0 Å². The predicted octanol–water partition coefficient (Wildman–Crippen LogP) is 14.9. The molecule has 5 heteroatoms. The second kappa shape index (κ2) is 13.7. The van der Waals surface area contributed by atoms with Gasteiger partial charge >= 0.3 is 0 Å². The number of nitrogens with zero attached hydrogens (tertiary/aromatic N) is 3. The predicted molar refractivity (Wildman–Crippen MR) is 243 cm³/mol. The molecular formula is C52H33N3S2. The molecule has 11 aromatic rings. The summed E-state index contributed by atoms with van der Waals surface area (Å²) in [6.45, 7) is 2.16. The summed E-state index contributed by atoms with van der Waals surface area (Å²) in [5.41, 5.74) is 11.0. The van der Waals surface area contributed by atoms with Gasteiger partial charge in [-0.3, -0.25) is 0 Å². The monoisotopic (exact) mass is 763 g/mol. The highest BCUT2D eigenvalue weighted by Gasteiger charge is 2.17. The molecule has 11 rings (SSSR count). The Morgan fingerprint density at radius 2 is 0.754 bits per heavy atom. The summed E-state index contributed by atoms with van der Waals surface area (Å²) in [6.07, 6.45) is 0. The van der Waals surface area contributed by atoms with Crippen molar-refractivity contribution in [2.45, 2.75) is 6.92 Å². The fraction of sp³-hybridized carbons (Fsp3) is 0.0192. The minimum absolute atomic E-state index is 0.635. The Morgan fingerprint density at radius 3 is 1.37 bits per heavy atom. The smallest absolute Gasteiger partial charge is 0.164 e. The summed E-state index contributed by atoms with van der Waals surface area (Å²) in [5.74, 6) is 1.91. The third-order valence-corrected chi connectivity index (χ3v) is 13.0. The Morgan fingerprint density at radius 1 is 0.316 bits per heavy atom. The van der Waals surface area contributed by atoms with E-state index in [1.807, 2.05) is 28.7 Å². The second-order valence-corrected chi connectivity index (χ2v) is 16.6. The average molecular weight is 764 g/mol. The molecule has 3 nitrogen and oxygen atoms in total. The van der Waals surface area contributed by atoms with Crippen LogP contribution in [0.15, 0.2) is 182 Å². The Bertz CT molecular complexity index is 3320. The minimum Gasteiger partial charge on any atom is -0.208 e. The zero-order valence-electron chi connectivity index (χ0n) is 31.0. The number of benzene rings is 8. The van der Waals surface area contributed by atoms with E-state index >= 15 is 0 Å². The van der Waals surface area contributed by atoms with E-state index in [1.165, 1.54) is 57.0 Å². The zero-order valence-corrected chi connectivity index (χ0v) is 32.6. The van der Waals surface area contributed by atoms with Crippen LogP contribution in [0, 0.1) is 6.92 Å². The molecule has 0 fully saturated rings. The number of rotatable bonds is 6. The van der Waals surface area contributed by atoms with E-state index in [4.69, 9.17) is 15.0 Å². The highest BCUT2D eigenvalue weighted by molar-refractivity contribution is 7.26. The molecule has 0 amide bonds. The van der Waals surface area contributed by atoms with Crippen molar-refractivity contribution in [3.63, 3.8) is 0 Å². The van der Waals surface area contributed by atoms with Crippen LogP contribution in [0.1, 0.15) is 5.56 Å². The molecule has 0 aliphatic heterocycles. The highest BCUT2D eigenvalue weighted by Crippen LogP contribution is 2.42. The minimum atomic E-state index is 0.635. The van der Waals surface area contributed by atoms with E-state index in [2.05, 4.69) is 183 Å². The van der Waals surface area contributed by atoms with Crippen LogP contribution >= 0.6 is 22.7 Å². The van der Waals surface area contributed by atoms with Gasteiger partial charge in [-0.05, 0) is 88.3 Å². The normalized spacial score (nSPS) is 11.6. The molecule has 0 aliphatic carbocycles. The van der Waals surface area contributed by atoms with Crippen LogP contribution in [-0.2, 0) is 0 Å². The fourth-order valence-corrected chi connectivity index (χ4v) is 10.4. The molecule has 0 unspecified atom stereocenters. The number of aromatic nitrogens is 3. The van der Waals surface area contributed by atoms with E-state index < -0.39 is 0 Å². The largest absolute Gasteiger partial charge is 0.208 e. The first-order chi connectivity index (χ1) is 28.1. The van der Waals surface area contributed by atoms with E-state index in [1.54, 1.807) is 0 Å². The summed E-state index contributed by atoms with van der Waals surface area (Å²) >= 11 is 3.69. The summed E-state index contributed by atoms with van der Waals surface area (Å²) < 4.78 is 5.17. The van der Waals surface area contributed by atoms with Gasteiger partial charge in [-0.25, -0.2) is 15.0 Å². The van der Waals surface area contributed by atoms with Gasteiger partial charge in [-0.15, -0.1) is 22.7 Å². The molecule has 0 atom stereocenters. The van der Waals surface area contributed by atoms with E-state index in [0.717, 1.165) is 38.9 Å². The molecule has 0 saturated carbocycles. The Labute approximate surface area is 338 Å². The first-order valence-corrected chi connectivity index (χ1v) is 20.7. The van der Waals surface area contributed by atoms with Crippen molar-refractivity contribution in [3.8, 4) is 67.5 Å². The van der Waals surface area contributed by atoms with E-state index in [9.17, 15) is 0 Å². The van der Waals surface area contributed by atoms with Crippen LogP contribution in [0.2, 0.25) is 0 Å². The third-order valence-electron chi connectivity index (χ3n) is 10.8. The topological polar surface area (TPSA) is 38.7 Å². The van der Waals surface area contributed by atoms with Gasteiger partial charge < -0.3 is 0 Å². The number of hydrogen-bond acceptors (Lipinski definition) is 5. The maximum Gasteiger partial charge on any atom is 0.164 e. The molecule has 0 aliphatic rings. The van der Waals surface area contributed by atoms with Crippen molar-refractivity contribution >= 4 is 63.0 Å². The summed E-state index contributed by atoms with van der Waals surface area (Å²) in [4.78, 5) is 15.7. The molecule has 57 heavy (non-hydrogen) atoms. The Kier molecular flexibility index (Phi) is 8.09. The standard InChI is InChI=1S/C52H33N3S2/c1-32-26-27-43-47(28-32)57-46-25-11-22-41(49(43)46)36-16-9-19-39(31-36)52-54-50(37-17-7-14-34(29-37)33-12-3-2-4-13-33)53-51(55-52)38-18-8-15-35(30-38)40-21-10-24-45-48(40)42-20-5-6-23-44(42)56-45/h2-31H,1H3. The first-order valence-electron chi connectivity index (χ1n) is 19.1. The van der Waals surface area contributed by atoms with E-state index in [-0.39, 0.29) is 0 Å². The quantitative estimate of drug-likeness (QED) is 0.169. The zero-order chi connectivity index (χ0) is 37.9. The van der Waals surface area contributed by atoms with Crippen LogP contribution in [-0.4, -0.2) is 15.0 Å². The van der Waals surface area contributed by atoms with Crippen molar-refractivity contribution in [2.75, 3.05) is 0 Å². The molecule has 268 valence electrons. The number of thiophene rings is 2. The third kappa shape index (κ3) is 6.00. The molecule has 0 saturated heterocycles. The number of aryl methyl sites for hydroxylation is 1. The average Bonchev–Trinajstić information content (AvgIpc) is 3.85. The molecule has 8 aromatic carbocycles. The molecular weight excluding hydrogens is 731 g/mol. The summed E-state index contributed by atoms with van der Waals surface area (Å²) in [7, 11) is 0. The Hall–Kier alpha value is -6.79. The summed E-state index contributed by atoms with van der Waals surface area (Å²) in [6, 6.07) is 64.9. The molecule has 3 aromatic heterocycles. The first kappa shape index (κ1) is 33.5. The lowest BCUT2D eigenvalue weighted by Gasteiger charge is -2.12. The number of hydrogen-bond donors (Lipinski definition) is 0. The van der Waals surface area contributed by atoms with Crippen LogP contribution in [0.3, 0.4) is 0 Å². The van der Waals surface area contributed by atoms with Crippen LogP contribution in [0.4, 0.5) is 0 Å². The van der Waals surface area contributed by atoms with Crippen molar-refractivity contribution in [2.24, 2.45) is 0 Å². The van der Waals surface area contributed by atoms with Crippen molar-refractivity contribution in [1.29, 1.82) is 0 Å². The number of fused-ring (bicyclic) bond motifs is 6. The van der Waals surface area contributed by atoms with Crippen molar-refractivity contribution < 1.29 is 0 Å². The molecule has 0 bridgehead atoms. The van der Waals surface area contributed by atoms with Crippen molar-refractivity contribution in [3.05, 3.63) is 188 Å². The van der Waals surface area contributed by atoms with Gasteiger partial charge in [0, 0.05) is 57.0 Å². The summed E-state index contributed by atoms with van der Waals surface area (Å²) in [5, 5.41) is 5.14. The van der Waals surface area contributed by atoms with Crippen LogP contribution in [0.25, 0.3) is 108 Å². The molecule has 3 heterocycles. The van der Waals surface area contributed by atoms with E-state index in [0.29, 0.717) is 17.5 Å². The van der Waals surface area contributed by atoms with Gasteiger partial charge in [0.05, 0.1) is 0 Å². The lowest BCUT2D eigenvalue weighted by Crippen LogP contribution is -2.00. The van der Waals surface area contributed by atoms with Gasteiger partial charge in [0.15, 0.2) is 17.5 Å². The second-order valence-electron chi connectivity index (χ2n) is 14.5. The molecule has 0 N–H and O–H groups in total. The van der Waals surface area contributed by atoms with Gasteiger partial charge in [0.1, 0.15) is 0 Å². The molecule has 0 spiro atoms. The van der Waals surface area contributed by atoms with Gasteiger partial charge in [-0.1, -0.05) is 140 Å². The van der Waals surface area contributed by atoms with Crippen LogP contribution in [0.5, 0.6) is 0 Å². The maximum atomic E-state index is 5.25.